The third-order valence-electron chi connectivity index (χ3n) is 5.10. The molecule has 6 nitrogen and oxygen atoms in total. The van der Waals surface area contributed by atoms with Crippen molar-refractivity contribution in [1.82, 2.24) is 15.1 Å². The second kappa shape index (κ2) is 5.58. The first-order valence-electron chi connectivity index (χ1n) is 8.40. The molecule has 2 aliphatic rings. The number of likely N-dealkylation sites (tertiary alicyclic amines) is 1. The van der Waals surface area contributed by atoms with E-state index in [-0.39, 0.29) is 18.4 Å². The monoisotopic (exact) mass is 337 g/mol. The van der Waals surface area contributed by atoms with E-state index in [9.17, 15) is 14.4 Å². The molecular formula is C19H19N3O3. The molecule has 0 aromatic heterocycles. The number of fused-ring (bicyclic) bond motifs is 1. The van der Waals surface area contributed by atoms with Crippen LogP contribution in [-0.4, -0.2) is 47.3 Å². The fraction of sp³-hybridized carbons (Fsp3) is 0.316. The highest BCUT2D eigenvalue weighted by Crippen LogP contribution is 2.31. The molecule has 4 rings (SSSR count). The van der Waals surface area contributed by atoms with Gasteiger partial charge in [-0.2, -0.15) is 0 Å². The van der Waals surface area contributed by atoms with Crippen molar-refractivity contribution >= 4 is 28.6 Å². The molecule has 128 valence electrons. The second-order valence-electron chi connectivity index (χ2n) is 6.74. The van der Waals surface area contributed by atoms with Crippen LogP contribution in [-0.2, 0) is 15.1 Å². The third kappa shape index (κ3) is 2.45. The number of amides is 4. The molecule has 1 atom stereocenters. The quantitative estimate of drug-likeness (QED) is 0.869. The van der Waals surface area contributed by atoms with E-state index in [1.165, 1.54) is 0 Å². The van der Waals surface area contributed by atoms with Crippen LogP contribution in [0.3, 0.4) is 0 Å². The lowest BCUT2D eigenvalue weighted by Crippen LogP contribution is -2.49. The van der Waals surface area contributed by atoms with Crippen molar-refractivity contribution in [2.75, 3.05) is 19.6 Å². The summed E-state index contributed by atoms with van der Waals surface area (Å²) in [5.41, 5.74) is -0.445. The summed E-state index contributed by atoms with van der Waals surface area (Å²) in [4.78, 5) is 40.1. The van der Waals surface area contributed by atoms with E-state index in [4.69, 9.17) is 0 Å². The van der Waals surface area contributed by atoms with E-state index in [0.29, 0.717) is 18.7 Å². The molecule has 0 spiro atoms. The van der Waals surface area contributed by atoms with Gasteiger partial charge in [-0.1, -0.05) is 36.4 Å². The molecule has 2 heterocycles. The van der Waals surface area contributed by atoms with Crippen LogP contribution in [0, 0.1) is 0 Å². The number of nitrogens with one attached hydrogen (secondary N) is 1. The number of urea groups is 1. The Morgan fingerprint density at radius 2 is 1.84 bits per heavy atom. The number of benzene rings is 2. The van der Waals surface area contributed by atoms with Gasteiger partial charge in [-0.15, -0.1) is 0 Å². The number of hydrogen-bond acceptors (Lipinski definition) is 3. The van der Waals surface area contributed by atoms with Gasteiger partial charge in [0.05, 0.1) is 0 Å². The Bertz CT molecular complexity index is 890. The van der Waals surface area contributed by atoms with E-state index < -0.39 is 11.6 Å². The Hall–Kier alpha value is -2.89. The fourth-order valence-electron chi connectivity index (χ4n) is 3.34. The highest BCUT2D eigenvalue weighted by Gasteiger charge is 2.49. The van der Waals surface area contributed by atoms with Crippen molar-refractivity contribution in [3.63, 3.8) is 0 Å². The lowest BCUT2D eigenvalue weighted by molar-refractivity contribution is -0.140. The first kappa shape index (κ1) is 15.6. The van der Waals surface area contributed by atoms with Crippen LogP contribution in [0.15, 0.2) is 42.5 Å². The van der Waals surface area contributed by atoms with Crippen LogP contribution in [0.25, 0.3) is 10.8 Å². The van der Waals surface area contributed by atoms with E-state index in [1.54, 1.807) is 11.8 Å². The SMILES string of the molecule is C[C@]1(c2ccc3ccccc3c2)NC(=O)N(CC(=O)N2CCC2)C1=O. The highest BCUT2D eigenvalue weighted by atomic mass is 16.2. The van der Waals surface area contributed by atoms with Crippen LogP contribution in [0.1, 0.15) is 18.9 Å². The largest absolute Gasteiger partial charge is 0.341 e. The zero-order valence-electron chi connectivity index (χ0n) is 14.0. The third-order valence-corrected chi connectivity index (χ3v) is 5.10. The normalized spacial score (nSPS) is 22.9. The van der Waals surface area contributed by atoms with Crippen LogP contribution >= 0.6 is 0 Å². The van der Waals surface area contributed by atoms with Gasteiger partial charge in [-0.05, 0) is 35.7 Å². The molecule has 0 bridgehead atoms. The molecule has 0 saturated carbocycles. The predicted octanol–water partition coefficient (Wildman–Crippen LogP) is 1.84. The van der Waals surface area contributed by atoms with Gasteiger partial charge in [0, 0.05) is 13.1 Å². The van der Waals surface area contributed by atoms with Gasteiger partial charge >= 0.3 is 6.03 Å². The average Bonchev–Trinajstić information content (AvgIpc) is 2.77. The van der Waals surface area contributed by atoms with Gasteiger partial charge in [0.2, 0.25) is 5.91 Å². The smallest absolute Gasteiger partial charge is 0.325 e. The average molecular weight is 337 g/mol. The van der Waals surface area contributed by atoms with Crippen molar-refractivity contribution < 1.29 is 14.4 Å². The van der Waals surface area contributed by atoms with Gasteiger partial charge in [0.15, 0.2) is 0 Å². The summed E-state index contributed by atoms with van der Waals surface area (Å²) in [5, 5.41) is 4.82. The summed E-state index contributed by atoms with van der Waals surface area (Å²) in [6.45, 7) is 2.88. The number of carbonyl (C=O) groups is 3. The maximum Gasteiger partial charge on any atom is 0.325 e. The maximum atomic E-state index is 12.9. The van der Waals surface area contributed by atoms with Gasteiger partial charge in [0.25, 0.3) is 5.91 Å². The molecule has 2 aromatic carbocycles. The molecule has 2 saturated heterocycles. The molecule has 25 heavy (non-hydrogen) atoms. The molecule has 2 aliphatic heterocycles. The van der Waals surface area contributed by atoms with E-state index in [0.717, 1.165) is 22.1 Å². The van der Waals surface area contributed by atoms with Crippen molar-refractivity contribution in [3.05, 3.63) is 48.0 Å². The molecule has 2 aromatic rings. The minimum atomic E-state index is -1.16. The van der Waals surface area contributed by atoms with E-state index >= 15 is 0 Å². The molecule has 1 N–H and O–H groups in total. The first-order valence-corrected chi connectivity index (χ1v) is 8.40. The minimum Gasteiger partial charge on any atom is -0.341 e. The summed E-state index contributed by atoms with van der Waals surface area (Å²) in [5.74, 6) is -0.570. The summed E-state index contributed by atoms with van der Waals surface area (Å²) in [6, 6.07) is 13.0. The summed E-state index contributed by atoms with van der Waals surface area (Å²) in [6.07, 6.45) is 0.973. The lowest BCUT2D eigenvalue weighted by atomic mass is 9.90. The topological polar surface area (TPSA) is 69.7 Å². The van der Waals surface area contributed by atoms with Gasteiger partial charge in [-0.25, -0.2) is 4.79 Å². The Balaban J connectivity index is 1.63. The number of nitrogens with zero attached hydrogens (tertiary/aromatic N) is 2. The Labute approximate surface area is 145 Å². The molecule has 4 amide bonds. The zero-order chi connectivity index (χ0) is 17.6. The fourth-order valence-corrected chi connectivity index (χ4v) is 3.34. The maximum absolute atomic E-state index is 12.9. The number of hydrogen-bond donors (Lipinski definition) is 1. The van der Waals surface area contributed by atoms with Crippen LogP contribution in [0.5, 0.6) is 0 Å². The summed E-state index contributed by atoms with van der Waals surface area (Å²) >= 11 is 0. The van der Waals surface area contributed by atoms with Crippen LogP contribution < -0.4 is 5.32 Å². The minimum absolute atomic E-state index is 0.183. The van der Waals surface area contributed by atoms with Crippen molar-refractivity contribution in [2.24, 2.45) is 0 Å². The van der Waals surface area contributed by atoms with Gasteiger partial charge < -0.3 is 10.2 Å². The molecule has 2 fully saturated rings. The van der Waals surface area contributed by atoms with Gasteiger partial charge in [-0.3, -0.25) is 14.5 Å². The molecule has 0 radical (unpaired) electrons. The standard InChI is InChI=1S/C19H19N3O3/c1-19(15-8-7-13-5-2-3-6-14(13)11-15)17(24)22(18(25)20-19)12-16(23)21-9-4-10-21/h2-3,5-8,11H,4,9-10,12H2,1H3,(H,20,25)/t19-/m1/s1. The number of imide groups is 1. The molecule has 0 unspecified atom stereocenters. The molecular weight excluding hydrogens is 318 g/mol. The second-order valence-corrected chi connectivity index (χ2v) is 6.74. The van der Waals surface area contributed by atoms with Crippen molar-refractivity contribution in [2.45, 2.75) is 18.9 Å². The zero-order valence-corrected chi connectivity index (χ0v) is 14.0. The van der Waals surface area contributed by atoms with Crippen molar-refractivity contribution in [1.29, 1.82) is 0 Å². The van der Waals surface area contributed by atoms with Crippen molar-refractivity contribution in [3.8, 4) is 0 Å². The Kier molecular flexibility index (Phi) is 3.49. The Morgan fingerprint density at radius 1 is 1.12 bits per heavy atom. The van der Waals surface area contributed by atoms with E-state index in [1.807, 2.05) is 42.5 Å². The predicted molar refractivity (Wildman–Crippen MR) is 92.7 cm³/mol. The molecule has 0 aliphatic carbocycles. The number of rotatable bonds is 3. The van der Waals surface area contributed by atoms with Crippen LogP contribution in [0.4, 0.5) is 4.79 Å². The van der Waals surface area contributed by atoms with Crippen LogP contribution in [0.2, 0.25) is 0 Å². The first-order chi connectivity index (χ1) is 12.0. The van der Waals surface area contributed by atoms with Gasteiger partial charge in [0.1, 0.15) is 12.1 Å². The Morgan fingerprint density at radius 3 is 2.52 bits per heavy atom. The molecule has 6 heteroatoms. The summed E-state index contributed by atoms with van der Waals surface area (Å²) in [7, 11) is 0. The highest BCUT2D eigenvalue weighted by molar-refractivity contribution is 6.09. The number of carbonyl (C=O) groups excluding carboxylic acids is 3. The lowest BCUT2D eigenvalue weighted by Gasteiger charge is -2.32. The van der Waals surface area contributed by atoms with E-state index in [2.05, 4.69) is 5.32 Å². The summed E-state index contributed by atoms with van der Waals surface area (Å²) < 4.78 is 0.